The van der Waals surface area contributed by atoms with Gasteiger partial charge in [-0.1, -0.05) is 18.2 Å². The van der Waals surface area contributed by atoms with Gasteiger partial charge in [-0.25, -0.2) is 4.79 Å². The first-order chi connectivity index (χ1) is 9.53. The number of hydrogen-bond donors (Lipinski definition) is 0. The highest BCUT2D eigenvalue weighted by atomic mass is 16.8. The number of carbonyl (C=O) groups excluding carboxylic acids is 1. The average molecular weight is 278 g/mol. The smallest absolute Gasteiger partial charge is 0.338 e. The van der Waals surface area contributed by atoms with Gasteiger partial charge >= 0.3 is 5.97 Å². The largest absolute Gasteiger partial charge is 0.459 e. The van der Waals surface area contributed by atoms with Gasteiger partial charge in [-0.3, -0.25) is 0 Å². The van der Waals surface area contributed by atoms with E-state index in [0.29, 0.717) is 12.0 Å². The molecule has 0 aliphatic carbocycles. The predicted octanol–water partition coefficient (Wildman–Crippen LogP) is 2.11. The summed E-state index contributed by atoms with van der Waals surface area (Å²) in [6, 6.07) is 8.91. The van der Waals surface area contributed by atoms with Gasteiger partial charge in [0, 0.05) is 6.42 Å². The van der Waals surface area contributed by atoms with Crippen molar-refractivity contribution in [1.29, 1.82) is 0 Å². The van der Waals surface area contributed by atoms with Crippen molar-refractivity contribution in [3.05, 3.63) is 35.9 Å². The fraction of sp³-hybridized carbons (Fsp3) is 0.533. The van der Waals surface area contributed by atoms with E-state index in [0.717, 1.165) is 0 Å². The Morgan fingerprint density at radius 1 is 1.30 bits per heavy atom. The van der Waals surface area contributed by atoms with Crippen LogP contribution in [0.2, 0.25) is 0 Å². The lowest BCUT2D eigenvalue weighted by atomic mass is 10.2. The zero-order chi connectivity index (χ0) is 14.2. The summed E-state index contributed by atoms with van der Waals surface area (Å²) in [4.78, 5) is 11.8. The van der Waals surface area contributed by atoms with E-state index in [-0.39, 0.29) is 31.1 Å². The van der Waals surface area contributed by atoms with E-state index in [1.165, 1.54) is 0 Å². The van der Waals surface area contributed by atoms with Gasteiger partial charge in [0.25, 0.3) is 0 Å². The van der Waals surface area contributed by atoms with Gasteiger partial charge in [0.05, 0.1) is 11.7 Å². The first-order valence-electron chi connectivity index (χ1n) is 6.77. The number of esters is 1. The van der Waals surface area contributed by atoms with Gasteiger partial charge in [0.15, 0.2) is 12.1 Å². The predicted molar refractivity (Wildman–Crippen MR) is 70.0 cm³/mol. The summed E-state index contributed by atoms with van der Waals surface area (Å²) in [6.45, 7) is 3.94. The van der Waals surface area contributed by atoms with Crippen LogP contribution in [-0.2, 0) is 18.9 Å². The molecule has 0 spiro atoms. The molecule has 2 aliphatic heterocycles. The number of carbonyl (C=O) groups is 1. The fourth-order valence-corrected chi connectivity index (χ4v) is 2.52. The molecule has 0 saturated carbocycles. The van der Waals surface area contributed by atoms with Crippen molar-refractivity contribution in [2.45, 2.75) is 44.6 Å². The van der Waals surface area contributed by atoms with Gasteiger partial charge < -0.3 is 18.9 Å². The lowest BCUT2D eigenvalue weighted by molar-refractivity contribution is -0.207. The van der Waals surface area contributed by atoms with E-state index in [4.69, 9.17) is 18.9 Å². The number of hydrogen-bond acceptors (Lipinski definition) is 5. The Morgan fingerprint density at radius 2 is 2.05 bits per heavy atom. The monoisotopic (exact) mass is 278 g/mol. The number of rotatable bonds is 3. The van der Waals surface area contributed by atoms with E-state index in [9.17, 15) is 4.79 Å². The zero-order valence-corrected chi connectivity index (χ0v) is 11.6. The summed E-state index contributed by atoms with van der Waals surface area (Å²) >= 11 is 0. The molecular formula is C15H18O5. The van der Waals surface area contributed by atoms with Crippen molar-refractivity contribution in [3.63, 3.8) is 0 Å². The van der Waals surface area contributed by atoms with Crippen LogP contribution in [0, 0.1) is 0 Å². The molecule has 0 N–H and O–H groups in total. The highest BCUT2D eigenvalue weighted by molar-refractivity contribution is 5.89. The van der Waals surface area contributed by atoms with Crippen LogP contribution < -0.4 is 0 Å². The quantitative estimate of drug-likeness (QED) is 0.793. The highest BCUT2D eigenvalue weighted by Crippen LogP contribution is 2.37. The van der Waals surface area contributed by atoms with E-state index >= 15 is 0 Å². The molecule has 0 bridgehead atoms. The number of fused-ring (bicyclic) bond motifs is 1. The Labute approximate surface area is 117 Å². The number of ether oxygens (including phenoxy) is 4. The molecule has 108 valence electrons. The second-order valence-corrected chi connectivity index (χ2v) is 5.50. The first kappa shape index (κ1) is 13.5. The molecule has 20 heavy (non-hydrogen) atoms. The molecule has 0 radical (unpaired) electrons. The van der Waals surface area contributed by atoms with Crippen molar-refractivity contribution in [2.24, 2.45) is 0 Å². The molecule has 2 fully saturated rings. The fourth-order valence-electron chi connectivity index (χ4n) is 2.52. The summed E-state index contributed by atoms with van der Waals surface area (Å²) in [5.41, 5.74) is 0.541. The second-order valence-electron chi connectivity index (χ2n) is 5.50. The molecule has 1 aromatic rings. The molecule has 3 rings (SSSR count). The van der Waals surface area contributed by atoms with Crippen LogP contribution in [0.1, 0.15) is 30.6 Å². The Kier molecular flexibility index (Phi) is 3.50. The van der Waals surface area contributed by atoms with Gasteiger partial charge in [-0.15, -0.1) is 0 Å². The Bertz CT molecular complexity index is 468. The Morgan fingerprint density at radius 3 is 2.75 bits per heavy atom. The van der Waals surface area contributed by atoms with Crippen LogP contribution in [0.4, 0.5) is 0 Å². The summed E-state index contributed by atoms with van der Waals surface area (Å²) in [6.07, 6.45) is 0.0699. The molecule has 5 heteroatoms. The molecule has 2 aliphatic rings. The van der Waals surface area contributed by atoms with Crippen molar-refractivity contribution in [2.75, 3.05) is 6.61 Å². The van der Waals surface area contributed by atoms with Gasteiger partial charge in [-0.2, -0.15) is 0 Å². The topological polar surface area (TPSA) is 54.0 Å². The summed E-state index contributed by atoms with van der Waals surface area (Å²) < 4.78 is 22.3. The van der Waals surface area contributed by atoms with E-state index in [2.05, 4.69) is 0 Å². The zero-order valence-electron chi connectivity index (χ0n) is 11.6. The third-order valence-corrected chi connectivity index (χ3v) is 3.37. The van der Waals surface area contributed by atoms with Gasteiger partial charge in [-0.05, 0) is 26.0 Å². The molecule has 2 heterocycles. The normalized spacial score (nSPS) is 31.0. The minimum atomic E-state index is -0.596. The van der Waals surface area contributed by atoms with Gasteiger partial charge in [0.1, 0.15) is 12.7 Å². The summed E-state index contributed by atoms with van der Waals surface area (Å²) in [5, 5.41) is 0. The van der Waals surface area contributed by atoms with Crippen molar-refractivity contribution < 1.29 is 23.7 Å². The average Bonchev–Trinajstić information content (AvgIpc) is 2.90. The third kappa shape index (κ3) is 2.85. The van der Waals surface area contributed by atoms with E-state index in [1.807, 2.05) is 19.9 Å². The van der Waals surface area contributed by atoms with E-state index < -0.39 is 5.79 Å². The minimum absolute atomic E-state index is 0.0783. The summed E-state index contributed by atoms with van der Waals surface area (Å²) in [7, 11) is 0. The van der Waals surface area contributed by atoms with E-state index in [1.54, 1.807) is 24.3 Å². The van der Waals surface area contributed by atoms with Gasteiger partial charge in [0.2, 0.25) is 0 Å². The van der Waals surface area contributed by atoms with Crippen molar-refractivity contribution in [1.82, 2.24) is 0 Å². The minimum Gasteiger partial charge on any atom is -0.459 e. The lowest BCUT2D eigenvalue weighted by Gasteiger charge is -2.20. The van der Waals surface area contributed by atoms with Crippen LogP contribution >= 0.6 is 0 Å². The van der Waals surface area contributed by atoms with Crippen LogP contribution in [0.15, 0.2) is 30.3 Å². The maximum absolute atomic E-state index is 11.8. The lowest BCUT2D eigenvalue weighted by Crippen LogP contribution is -2.26. The van der Waals surface area contributed by atoms with Crippen molar-refractivity contribution in [3.8, 4) is 0 Å². The van der Waals surface area contributed by atoms with Crippen LogP contribution in [-0.4, -0.2) is 36.9 Å². The molecule has 2 saturated heterocycles. The molecular weight excluding hydrogens is 260 g/mol. The Balaban J connectivity index is 1.49. The van der Waals surface area contributed by atoms with Crippen LogP contribution in [0.5, 0.6) is 0 Å². The molecule has 1 aromatic carbocycles. The maximum Gasteiger partial charge on any atom is 0.338 e. The van der Waals surface area contributed by atoms with Crippen LogP contribution in [0.3, 0.4) is 0 Å². The molecule has 0 amide bonds. The standard InChI is InChI=1S/C15H18O5/c1-15(2)19-12-8-11(18-14(12)20-15)9-17-13(16)10-6-4-3-5-7-10/h3-7,11-12,14H,8-9H2,1-2H3. The second kappa shape index (κ2) is 5.16. The molecule has 0 aromatic heterocycles. The highest BCUT2D eigenvalue weighted by Gasteiger charge is 2.48. The maximum atomic E-state index is 11.8. The molecule has 3 unspecified atom stereocenters. The third-order valence-electron chi connectivity index (χ3n) is 3.37. The SMILES string of the molecule is CC1(C)OC2CC(COC(=O)c3ccccc3)OC2O1. The first-order valence-corrected chi connectivity index (χ1v) is 6.77. The summed E-state index contributed by atoms with van der Waals surface area (Å²) in [5.74, 6) is -0.936. The van der Waals surface area contributed by atoms with Crippen molar-refractivity contribution >= 4 is 5.97 Å². The molecule has 5 nitrogen and oxygen atoms in total. The molecule has 3 atom stereocenters. The Hall–Kier alpha value is -1.43. The number of benzene rings is 1. The van der Waals surface area contributed by atoms with Crippen LogP contribution in [0.25, 0.3) is 0 Å².